The Bertz CT molecular complexity index is 369. The van der Waals surface area contributed by atoms with Gasteiger partial charge in [-0.3, -0.25) is 0 Å². The van der Waals surface area contributed by atoms with Crippen molar-refractivity contribution in [2.75, 3.05) is 13.1 Å². The summed E-state index contributed by atoms with van der Waals surface area (Å²) in [5.41, 5.74) is 0.989. The van der Waals surface area contributed by atoms with Crippen LogP contribution in [0.1, 0.15) is 50.7 Å². The average Bonchev–Trinajstić information content (AvgIpc) is 2.38. The molecular weight excluding hydrogens is 244 g/mol. The molecule has 0 fully saturated rings. The van der Waals surface area contributed by atoms with E-state index in [-0.39, 0.29) is 5.56 Å². The second-order valence-corrected chi connectivity index (χ2v) is 5.10. The van der Waals surface area contributed by atoms with Gasteiger partial charge < -0.3 is 0 Å². The summed E-state index contributed by atoms with van der Waals surface area (Å²) < 4.78 is 29.1. The fourth-order valence-corrected chi connectivity index (χ4v) is 2.11. The van der Waals surface area contributed by atoms with Crippen molar-refractivity contribution in [3.63, 3.8) is 0 Å². The Morgan fingerprint density at radius 3 is 2.11 bits per heavy atom. The Morgan fingerprint density at radius 2 is 1.63 bits per heavy atom. The van der Waals surface area contributed by atoms with Crippen molar-refractivity contribution < 1.29 is 8.78 Å². The van der Waals surface area contributed by atoms with Crippen molar-refractivity contribution in [1.82, 2.24) is 4.90 Å². The van der Waals surface area contributed by atoms with E-state index in [4.69, 9.17) is 0 Å². The third-order valence-corrected chi connectivity index (χ3v) is 3.33. The number of halogens is 2. The Labute approximate surface area is 115 Å². The van der Waals surface area contributed by atoms with Gasteiger partial charge in [-0.1, -0.05) is 50.5 Å². The Balaban J connectivity index is 2.89. The molecule has 0 atom stereocenters. The first-order chi connectivity index (χ1) is 9.02. The lowest BCUT2D eigenvalue weighted by Crippen LogP contribution is -2.40. The van der Waals surface area contributed by atoms with Gasteiger partial charge in [-0.25, -0.2) is 4.90 Å². The molecule has 1 aromatic carbocycles. The normalized spacial score (nSPS) is 12.1. The van der Waals surface area contributed by atoms with Gasteiger partial charge in [0.2, 0.25) is 0 Å². The third kappa shape index (κ3) is 4.57. The van der Waals surface area contributed by atoms with E-state index < -0.39 is 6.05 Å². The van der Waals surface area contributed by atoms with Crippen LogP contribution in [0.2, 0.25) is 0 Å². The predicted octanol–water partition coefficient (Wildman–Crippen LogP) is 4.95. The number of hydrogen-bond acceptors (Lipinski definition) is 1. The molecule has 1 aromatic rings. The molecule has 0 bridgehead atoms. The van der Waals surface area contributed by atoms with Gasteiger partial charge in [-0.2, -0.15) is 8.78 Å². The van der Waals surface area contributed by atoms with Crippen LogP contribution in [-0.2, 0) is 6.05 Å². The summed E-state index contributed by atoms with van der Waals surface area (Å²) in [6, 6.07) is 3.80. The van der Waals surface area contributed by atoms with E-state index in [1.54, 1.807) is 12.1 Å². The number of nitrogens with zero attached hydrogens (tertiary/aromatic N) is 1. The third-order valence-electron chi connectivity index (χ3n) is 3.33. The maximum Gasteiger partial charge on any atom is 0.331 e. The van der Waals surface area contributed by atoms with Crippen LogP contribution < -0.4 is 0 Å². The minimum absolute atomic E-state index is 0.111. The topological polar surface area (TPSA) is 3.24 Å². The Kier molecular flexibility index (Phi) is 6.43. The summed E-state index contributed by atoms with van der Waals surface area (Å²) in [4.78, 5) is 1.33. The van der Waals surface area contributed by atoms with Gasteiger partial charge in [-0.15, -0.1) is 0 Å². The molecule has 19 heavy (non-hydrogen) atoms. The summed E-state index contributed by atoms with van der Waals surface area (Å²) >= 11 is 0. The minimum atomic E-state index is -2.86. The molecule has 0 aromatic heterocycles. The zero-order valence-electron chi connectivity index (χ0n) is 12.3. The number of alkyl halides is 2. The highest BCUT2D eigenvalue weighted by atomic mass is 19.3. The highest BCUT2D eigenvalue weighted by Gasteiger charge is 2.38. The smallest absolute Gasteiger partial charge is 0.240 e. The second-order valence-electron chi connectivity index (χ2n) is 5.10. The molecule has 0 aliphatic heterocycles. The summed E-state index contributed by atoms with van der Waals surface area (Å²) in [5, 5.41) is 0. The highest BCUT2D eigenvalue weighted by molar-refractivity contribution is 5.25. The number of hydrogen-bond donors (Lipinski definition) is 0. The van der Waals surface area contributed by atoms with Crippen molar-refractivity contribution >= 4 is 0 Å². The molecule has 0 unspecified atom stereocenters. The van der Waals surface area contributed by atoms with Gasteiger partial charge in [-0.05, 0) is 25.8 Å². The van der Waals surface area contributed by atoms with Crippen LogP contribution in [0.15, 0.2) is 24.3 Å². The molecule has 1 rings (SSSR count). The van der Waals surface area contributed by atoms with E-state index in [2.05, 4.69) is 0 Å². The van der Waals surface area contributed by atoms with Crippen molar-refractivity contribution in [2.45, 2.75) is 52.5 Å². The molecule has 0 aliphatic rings. The van der Waals surface area contributed by atoms with E-state index in [0.29, 0.717) is 13.1 Å². The first-order valence-corrected chi connectivity index (χ1v) is 7.22. The molecule has 0 spiro atoms. The van der Waals surface area contributed by atoms with Gasteiger partial charge >= 0.3 is 6.05 Å². The van der Waals surface area contributed by atoms with E-state index in [0.717, 1.165) is 31.2 Å². The second kappa shape index (κ2) is 7.59. The van der Waals surface area contributed by atoms with Crippen LogP contribution in [0.5, 0.6) is 0 Å². The average molecular weight is 269 g/mol. The fraction of sp³-hybridized carbons (Fsp3) is 0.625. The zero-order chi connectivity index (χ0) is 14.3. The van der Waals surface area contributed by atoms with Crippen LogP contribution in [0.4, 0.5) is 8.78 Å². The molecule has 0 saturated carbocycles. The number of aryl methyl sites for hydroxylation is 1. The molecule has 108 valence electrons. The van der Waals surface area contributed by atoms with Gasteiger partial charge in [0.05, 0.1) is 0 Å². The first kappa shape index (κ1) is 16.1. The van der Waals surface area contributed by atoms with E-state index in [1.165, 1.54) is 11.0 Å². The van der Waals surface area contributed by atoms with Crippen LogP contribution >= 0.6 is 0 Å². The van der Waals surface area contributed by atoms with Crippen molar-refractivity contribution in [3.8, 4) is 0 Å². The summed E-state index contributed by atoms with van der Waals surface area (Å²) in [5.74, 6) is 0. The van der Waals surface area contributed by atoms with E-state index in [9.17, 15) is 8.78 Å². The van der Waals surface area contributed by atoms with Crippen molar-refractivity contribution in [1.29, 1.82) is 0 Å². The molecule has 0 amide bonds. The first-order valence-electron chi connectivity index (χ1n) is 7.22. The van der Waals surface area contributed by atoms with E-state index in [1.807, 2.05) is 26.8 Å². The number of rotatable bonds is 8. The standard InChI is InChI=1S/C16H25F2N/c1-4-6-11-19(12-7-5-2)16(17,18)15-10-8-9-14(3)13-15/h8-10,13H,4-7,11-12H2,1-3H3. The van der Waals surface area contributed by atoms with Gasteiger partial charge in [0.15, 0.2) is 0 Å². The fourth-order valence-electron chi connectivity index (χ4n) is 2.11. The maximum absolute atomic E-state index is 14.6. The summed E-state index contributed by atoms with van der Waals surface area (Å²) in [6.07, 6.45) is 3.50. The number of unbranched alkanes of at least 4 members (excludes halogenated alkanes) is 2. The molecule has 1 nitrogen and oxygen atoms in total. The lowest BCUT2D eigenvalue weighted by atomic mass is 10.1. The van der Waals surface area contributed by atoms with Crippen molar-refractivity contribution in [3.05, 3.63) is 35.4 Å². The molecule has 0 aliphatic carbocycles. The largest absolute Gasteiger partial charge is 0.331 e. The Hall–Kier alpha value is -0.960. The summed E-state index contributed by atoms with van der Waals surface area (Å²) in [7, 11) is 0. The molecule has 0 saturated heterocycles. The lowest BCUT2D eigenvalue weighted by Gasteiger charge is -2.31. The minimum Gasteiger partial charge on any atom is -0.240 e. The molecule has 0 N–H and O–H groups in total. The predicted molar refractivity (Wildman–Crippen MR) is 76.5 cm³/mol. The quantitative estimate of drug-likeness (QED) is 0.604. The van der Waals surface area contributed by atoms with Crippen LogP contribution in [-0.4, -0.2) is 18.0 Å². The molecule has 0 radical (unpaired) electrons. The van der Waals surface area contributed by atoms with Gasteiger partial charge in [0.1, 0.15) is 0 Å². The van der Waals surface area contributed by atoms with Crippen LogP contribution in [0, 0.1) is 6.92 Å². The zero-order valence-corrected chi connectivity index (χ0v) is 12.3. The maximum atomic E-state index is 14.6. The molecular formula is C16H25F2N. The van der Waals surface area contributed by atoms with Crippen LogP contribution in [0.3, 0.4) is 0 Å². The Morgan fingerprint density at radius 1 is 1.05 bits per heavy atom. The summed E-state index contributed by atoms with van der Waals surface area (Å²) in [6.45, 7) is 6.82. The molecule has 0 heterocycles. The van der Waals surface area contributed by atoms with E-state index >= 15 is 0 Å². The highest BCUT2D eigenvalue weighted by Crippen LogP contribution is 2.33. The van der Waals surface area contributed by atoms with Crippen LogP contribution in [0.25, 0.3) is 0 Å². The molecule has 3 heteroatoms. The number of benzene rings is 1. The lowest BCUT2D eigenvalue weighted by molar-refractivity contribution is -0.156. The van der Waals surface area contributed by atoms with Crippen molar-refractivity contribution in [2.24, 2.45) is 0 Å². The SMILES string of the molecule is CCCCN(CCCC)C(F)(F)c1cccc(C)c1. The van der Waals surface area contributed by atoms with Gasteiger partial charge in [0.25, 0.3) is 0 Å². The monoisotopic (exact) mass is 269 g/mol. The van der Waals surface area contributed by atoms with Gasteiger partial charge in [0, 0.05) is 18.7 Å².